The van der Waals surface area contributed by atoms with Gasteiger partial charge >= 0.3 is 0 Å². The second-order valence-electron chi connectivity index (χ2n) is 10.1. The van der Waals surface area contributed by atoms with Crippen molar-refractivity contribution in [1.29, 1.82) is 0 Å². The predicted octanol–water partition coefficient (Wildman–Crippen LogP) is 5.92. The van der Waals surface area contributed by atoms with Gasteiger partial charge in [-0.25, -0.2) is 8.78 Å². The van der Waals surface area contributed by atoms with Crippen LogP contribution in [-0.2, 0) is 17.4 Å². The Morgan fingerprint density at radius 1 is 1.03 bits per heavy atom. The van der Waals surface area contributed by atoms with E-state index in [-0.39, 0.29) is 17.0 Å². The van der Waals surface area contributed by atoms with Crippen molar-refractivity contribution in [3.63, 3.8) is 0 Å². The molecule has 2 aromatic rings. The van der Waals surface area contributed by atoms with E-state index in [0.717, 1.165) is 31.7 Å². The largest absolute Gasteiger partial charge is 0.390 e. The molecule has 176 valence electrons. The van der Waals surface area contributed by atoms with E-state index in [2.05, 4.69) is 53.9 Å². The highest BCUT2D eigenvalue weighted by molar-refractivity contribution is 14.1. The van der Waals surface area contributed by atoms with Crippen LogP contribution in [0.1, 0.15) is 69.6 Å². The molecule has 0 saturated heterocycles. The van der Waals surface area contributed by atoms with Crippen molar-refractivity contribution in [3.8, 4) is 0 Å². The minimum Gasteiger partial charge on any atom is -0.390 e. The monoisotopic (exact) mass is 556 g/mol. The van der Waals surface area contributed by atoms with Gasteiger partial charge in [0.25, 0.3) is 0 Å². The van der Waals surface area contributed by atoms with Gasteiger partial charge in [-0.1, -0.05) is 64.3 Å². The molecule has 2 aromatic carbocycles. The zero-order valence-electron chi connectivity index (χ0n) is 19.2. The molecule has 0 aliphatic heterocycles. The highest BCUT2D eigenvalue weighted by atomic mass is 127. The quantitative estimate of drug-likeness (QED) is 0.279. The van der Waals surface area contributed by atoms with Crippen LogP contribution < -0.4 is 8.85 Å². The van der Waals surface area contributed by atoms with E-state index in [4.69, 9.17) is 0 Å². The molecular formula is C26H35F2IN2O. The Balaban J connectivity index is 1.76. The fourth-order valence-electron chi connectivity index (χ4n) is 4.68. The Bertz CT molecular complexity index is 873. The van der Waals surface area contributed by atoms with E-state index in [9.17, 15) is 13.9 Å². The number of aliphatic hydroxyl groups excluding tert-OH is 1. The summed E-state index contributed by atoms with van der Waals surface area (Å²) in [5.41, 5.74) is 3.02. The molecule has 1 aliphatic rings. The summed E-state index contributed by atoms with van der Waals surface area (Å²) in [6.45, 7) is 7.08. The zero-order valence-corrected chi connectivity index (χ0v) is 21.4. The van der Waals surface area contributed by atoms with E-state index >= 15 is 0 Å². The lowest BCUT2D eigenvalue weighted by Gasteiger charge is -2.41. The normalized spacial score (nSPS) is 18.3. The Kier molecular flexibility index (Phi) is 8.69. The van der Waals surface area contributed by atoms with Crippen LogP contribution in [0.4, 0.5) is 8.78 Å². The fraction of sp³-hybridized carbons (Fsp3) is 0.538. The van der Waals surface area contributed by atoms with E-state index in [1.165, 1.54) is 29.7 Å². The molecule has 6 heteroatoms. The summed E-state index contributed by atoms with van der Waals surface area (Å²) >= 11 is 2.01. The first-order chi connectivity index (χ1) is 15.1. The van der Waals surface area contributed by atoms with Gasteiger partial charge in [-0.2, -0.15) is 0 Å². The van der Waals surface area contributed by atoms with Crippen LogP contribution in [0, 0.1) is 11.6 Å². The molecule has 0 unspecified atom stereocenters. The molecule has 0 bridgehead atoms. The minimum atomic E-state index is -0.706. The van der Waals surface area contributed by atoms with Crippen LogP contribution in [0.25, 0.3) is 0 Å². The summed E-state index contributed by atoms with van der Waals surface area (Å²) in [4.78, 5) is 0. The number of benzene rings is 2. The second kappa shape index (κ2) is 10.9. The van der Waals surface area contributed by atoms with Crippen molar-refractivity contribution in [1.82, 2.24) is 8.85 Å². The van der Waals surface area contributed by atoms with Gasteiger partial charge in [0, 0.05) is 47.1 Å². The predicted molar refractivity (Wildman–Crippen MR) is 135 cm³/mol. The highest BCUT2D eigenvalue weighted by Crippen LogP contribution is 2.38. The molecule has 0 heterocycles. The highest BCUT2D eigenvalue weighted by Gasteiger charge is 2.35. The Morgan fingerprint density at radius 3 is 2.28 bits per heavy atom. The summed E-state index contributed by atoms with van der Waals surface area (Å²) in [5, 5.41) is 14.7. The second-order valence-corrected chi connectivity index (χ2v) is 10.7. The average molecular weight is 556 g/mol. The third kappa shape index (κ3) is 6.49. The van der Waals surface area contributed by atoms with Crippen LogP contribution >= 0.6 is 22.9 Å². The maximum atomic E-state index is 13.6. The molecule has 0 spiro atoms. The van der Waals surface area contributed by atoms with Crippen LogP contribution in [0.3, 0.4) is 0 Å². The Labute approximate surface area is 204 Å². The van der Waals surface area contributed by atoms with Crippen molar-refractivity contribution in [2.24, 2.45) is 0 Å². The molecule has 3 rings (SSSR count). The lowest BCUT2D eigenvalue weighted by molar-refractivity contribution is 0.114. The zero-order chi connectivity index (χ0) is 23.4. The summed E-state index contributed by atoms with van der Waals surface area (Å²) in [5.74, 6) is -1.19. The summed E-state index contributed by atoms with van der Waals surface area (Å²) < 4.78 is 30.3. The molecule has 2 atom stereocenters. The van der Waals surface area contributed by atoms with Crippen molar-refractivity contribution < 1.29 is 13.9 Å². The number of rotatable bonds is 8. The minimum absolute atomic E-state index is 0.0713. The van der Waals surface area contributed by atoms with Crippen molar-refractivity contribution in [3.05, 3.63) is 70.8 Å². The number of hydrogen-bond acceptors (Lipinski definition) is 3. The third-order valence-corrected chi connectivity index (χ3v) is 7.42. The number of aliphatic hydroxyl groups is 1. The Hall–Kier alpha value is -1.09. The first kappa shape index (κ1) is 25.5. The molecule has 0 amide bonds. The van der Waals surface area contributed by atoms with Crippen LogP contribution in [-0.4, -0.2) is 23.8 Å². The summed E-state index contributed by atoms with van der Waals surface area (Å²) in [7, 11) is 0. The molecule has 1 aliphatic carbocycles. The third-order valence-electron chi connectivity index (χ3n) is 6.62. The molecule has 0 radical (unpaired) electrons. The number of nitrogens with one attached hydrogen (secondary N) is 2. The molecule has 1 fully saturated rings. The fourth-order valence-corrected chi connectivity index (χ4v) is 5.31. The van der Waals surface area contributed by atoms with Gasteiger partial charge in [-0.3, -0.25) is 3.53 Å². The topological polar surface area (TPSA) is 44.3 Å². The average Bonchev–Trinajstić information content (AvgIpc) is 2.75. The smallest absolute Gasteiger partial charge is 0.126 e. The molecule has 1 saturated carbocycles. The van der Waals surface area contributed by atoms with Gasteiger partial charge < -0.3 is 10.4 Å². The molecule has 3 N–H and O–H groups in total. The summed E-state index contributed by atoms with van der Waals surface area (Å²) in [6.07, 6.45) is 5.23. The molecule has 32 heavy (non-hydrogen) atoms. The lowest BCUT2D eigenvalue weighted by Crippen LogP contribution is -2.51. The standard InChI is InChI=1S/C26H35F2IN2O/c1-25(2,3)19-8-7-9-20(15-19)26(10-5-4-6-11-26)30-17-24(32)23(31-29)14-18-12-21(27)16-22(28)13-18/h7-9,12-13,15-16,23-24,30-32H,4-6,10-11,14,17H2,1-3H3/t23-,24+/m0/s1. The van der Waals surface area contributed by atoms with Crippen molar-refractivity contribution in [2.45, 2.75) is 82.4 Å². The molecule has 3 nitrogen and oxygen atoms in total. The SMILES string of the molecule is CC(C)(C)c1cccc(C2(NC[C@@H](O)[C@H](Cc3cc(F)cc(F)c3)NI)CCCCC2)c1. The Morgan fingerprint density at radius 2 is 1.69 bits per heavy atom. The van der Waals surface area contributed by atoms with E-state index in [1.54, 1.807) is 0 Å². The van der Waals surface area contributed by atoms with Gasteiger partial charge in [-0.05, 0) is 53.5 Å². The number of hydrogen-bond donors (Lipinski definition) is 3. The van der Waals surface area contributed by atoms with Crippen molar-refractivity contribution >= 4 is 22.9 Å². The molecular weight excluding hydrogens is 521 g/mol. The first-order valence-corrected chi connectivity index (χ1v) is 12.6. The van der Waals surface area contributed by atoms with Gasteiger partial charge in [0.05, 0.1) is 6.10 Å². The maximum absolute atomic E-state index is 13.6. The lowest BCUT2D eigenvalue weighted by atomic mass is 9.74. The van der Waals surface area contributed by atoms with E-state index in [0.29, 0.717) is 18.5 Å². The van der Waals surface area contributed by atoms with E-state index in [1.807, 2.05) is 22.9 Å². The van der Waals surface area contributed by atoms with Gasteiger partial charge in [0.1, 0.15) is 11.6 Å². The van der Waals surface area contributed by atoms with Crippen molar-refractivity contribution in [2.75, 3.05) is 6.54 Å². The van der Waals surface area contributed by atoms with Gasteiger partial charge in [0.15, 0.2) is 0 Å². The molecule has 0 aromatic heterocycles. The maximum Gasteiger partial charge on any atom is 0.126 e. The van der Waals surface area contributed by atoms with Crippen LogP contribution in [0.5, 0.6) is 0 Å². The van der Waals surface area contributed by atoms with Crippen LogP contribution in [0.15, 0.2) is 42.5 Å². The summed E-state index contributed by atoms with van der Waals surface area (Å²) in [6, 6.07) is 12.0. The van der Waals surface area contributed by atoms with Gasteiger partial charge in [-0.15, -0.1) is 0 Å². The van der Waals surface area contributed by atoms with E-state index < -0.39 is 17.7 Å². The van der Waals surface area contributed by atoms with Gasteiger partial charge in [0.2, 0.25) is 0 Å². The number of halogens is 3. The van der Waals surface area contributed by atoms with Crippen LogP contribution in [0.2, 0.25) is 0 Å². The first-order valence-electron chi connectivity index (χ1n) is 11.5.